The molecule has 0 aromatic rings. The molecule has 4 heteroatoms. The van der Waals surface area contributed by atoms with E-state index in [4.69, 9.17) is 26.4 Å². The van der Waals surface area contributed by atoms with Crippen LogP contribution in [0.15, 0.2) is 0 Å². The summed E-state index contributed by atoms with van der Waals surface area (Å²) in [6.07, 6.45) is 5.05. The Morgan fingerprint density at radius 1 is 1.43 bits per heavy atom. The lowest BCUT2D eigenvalue weighted by Gasteiger charge is -2.40. The van der Waals surface area contributed by atoms with Gasteiger partial charge in [0, 0.05) is 0 Å². The van der Waals surface area contributed by atoms with Gasteiger partial charge >= 0.3 is 0 Å². The largest absolute Gasteiger partial charge is 0.367 e. The molecule has 4 nitrogen and oxygen atoms in total. The molecular weight excluding hydrogens is 182 g/mol. The molecule has 0 aromatic heterocycles. The Bertz CT molecular complexity index is 222. The predicted octanol–water partition coefficient (Wildman–Crippen LogP) is 0.117. The van der Waals surface area contributed by atoms with Crippen molar-refractivity contribution < 1.29 is 14.2 Å². The summed E-state index contributed by atoms with van der Waals surface area (Å²) in [5, 5.41) is 0. The molecule has 1 fully saturated rings. The van der Waals surface area contributed by atoms with Crippen LogP contribution < -0.4 is 5.73 Å². The van der Waals surface area contributed by atoms with Crippen LogP contribution in [0.3, 0.4) is 0 Å². The molecule has 1 rings (SSSR count). The van der Waals surface area contributed by atoms with E-state index in [1.54, 1.807) is 0 Å². The molecule has 0 aliphatic carbocycles. The summed E-state index contributed by atoms with van der Waals surface area (Å²) in [5.74, 6) is 1.83. The smallest absolute Gasteiger partial charge is 0.162 e. The van der Waals surface area contributed by atoms with Gasteiger partial charge in [0.2, 0.25) is 0 Å². The van der Waals surface area contributed by atoms with Crippen molar-refractivity contribution in [2.24, 2.45) is 5.73 Å². The first-order valence-corrected chi connectivity index (χ1v) is 4.55. The molecule has 0 unspecified atom stereocenters. The zero-order chi connectivity index (χ0) is 10.7. The maximum absolute atomic E-state index is 5.98. The number of hydrogen-bond acceptors (Lipinski definition) is 4. The first kappa shape index (κ1) is 11.5. The summed E-state index contributed by atoms with van der Waals surface area (Å²) in [6.45, 7) is 5.18. The Balaban J connectivity index is 2.34. The van der Waals surface area contributed by atoms with Crippen LogP contribution in [0.5, 0.6) is 0 Å². The summed E-state index contributed by atoms with van der Waals surface area (Å²) in [4.78, 5) is 0. The summed E-state index contributed by atoms with van der Waals surface area (Å²) in [6, 6.07) is 0. The van der Waals surface area contributed by atoms with Crippen LogP contribution in [0, 0.1) is 12.3 Å². The number of ether oxygens (including phenoxy) is 3. The van der Waals surface area contributed by atoms with Crippen LogP contribution in [0.2, 0.25) is 0 Å². The van der Waals surface area contributed by atoms with Gasteiger partial charge in [-0.2, -0.15) is 0 Å². The Hall–Kier alpha value is -0.600. The van der Waals surface area contributed by atoms with Gasteiger partial charge in [0.1, 0.15) is 6.61 Å². The van der Waals surface area contributed by atoms with Crippen molar-refractivity contribution in [3.05, 3.63) is 0 Å². The molecule has 1 aliphatic heterocycles. The van der Waals surface area contributed by atoms with Crippen molar-refractivity contribution in [1.29, 1.82) is 0 Å². The van der Waals surface area contributed by atoms with Crippen molar-refractivity contribution >= 4 is 0 Å². The van der Waals surface area contributed by atoms with Gasteiger partial charge in [-0.05, 0) is 13.8 Å². The zero-order valence-electron chi connectivity index (χ0n) is 8.71. The van der Waals surface area contributed by atoms with Gasteiger partial charge in [-0.25, -0.2) is 0 Å². The van der Waals surface area contributed by atoms with Crippen LogP contribution in [-0.4, -0.2) is 37.8 Å². The lowest BCUT2D eigenvalue weighted by molar-refractivity contribution is -0.271. The van der Waals surface area contributed by atoms with E-state index in [0.717, 1.165) is 0 Å². The molecule has 1 saturated heterocycles. The van der Waals surface area contributed by atoms with Gasteiger partial charge in [-0.1, -0.05) is 5.92 Å². The van der Waals surface area contributed by atoms with Crippen LogP contribution in [0.4, 0.5) is 0 Å². The van der Waals surface area contributed by atoms with Crippen molar-refractivity contribution in [2.45, 2.75) is 25.2 Å². The maximum Gasteiger partial charge on any atom is 0.162 e. The van der Waals surface area contributed by atoms with E-state index < -0.39 is 11.3 Å². The van der Waals surface area contributed by atoms with Crippen LogP contribution in [0.1, 0.15) is 13.8 Å². The molecule has 2 N–H and O–H groups in total. The van der Waals surface area contributed by atoms with Gasteiger partial charge in [-0.3, -0.25) is 0 Å². The van der Waals surface area contributed by atoms with E-state index in [9.17, 15) is 0 Å². The fourth-order valence-electron chi connectivity index (χ4n) is 1.11. The van der Waals surface area contributed by atoms with Gasteiger partial charge < -0.3 is 19.9 Å². The molecule has 0 bridgehead atoms. The van der Waals surface area contributed by atoms with Gasteiger partial charge in [-0.15, -0.1) is 6.42 Å². The molecule has 1 aliphatic rings. The minimum atomic E-state index is -0.577. The Labute approximate surface area is 84.7 Å². The van der Waals surface area contributed by atoms with E-state index in [1.165, 1.54) is 0 Å². The number of nitrogens with two attached hydrogens (primary N) is 1. The second-order valence-corrected chi connectivity index (χ2v) is 4.04. The quantitative estimate of drug-likeness (QED) is 0.518. The second kappa shape index (κ2) is 4.28. The fourth-order valence-corrected chi connectivity index (χ4v) is 1.11. The Morgan fingerprint density at radius 2 is 2.00 bits per heavy atom. The number of hydrogen-bond donors (Lipinski definition) is 1. The van der Waals surface area contributed by atoms with Crippen LogP contribution in [-0.2, 0) is 14.2 Å². The van der Waals surface area contributed by atoms with Crippen molar-refractivity contribution in [3.63, 3.8) is 0 Å². The SMILES string of the molecule is C#CCOCC1(N)COC(C)(C)OC1. The standard InChI is InChI=1S/C10H17NO3/c1-4-5-12-6-10(11)7-13-9(2,3)14-8-10/h1H,5-8,11H2,2-3H3. The number of rotatable bonds is 3. The fraction of sp³-hybridized carbons (Fsp3) is 0.800. The molecular formula is C10H17NO3. The molecule has 0 spiro atoms. The summed E-state index contributed by atoms with van der Waals surface area (Å²) >= 11 is 0. The highest BCUT2D eigenvalue weighted by Crippen LogP contribution is 2.21. The van der Waals surface area contributed by atoms with E-state index in [2.05, 4.69) is 5.92 Å². The van der Waals surface area contributed by atoms with Gasteiger partial charge in [0.05, 0.1) is 25.4 Å². The maximum atomic E-state index is 5.98. The average Bonchev–Trinajstić information content (AvgIpc) is 2.12. The number of terminal acetylenes is 1. The first-order valence-electron chi connectivity index (χ1n) is 4.55. The molecule has 80 valence electrons. The normalized spacial score (nSPS) is 24.1. The van der Waals surface area contributed by atoms with Crippen molar-refractivity contribution in [1.82, 2.24) is 0 Å². The van der Waals surface area contributed by atoms with Gasteiger partial charge in [0.25, 0.3) is 0 Å². The van der Waals surface area contributed by atoms with Crippen LogP contribution >= 0.6 is 0 Å². The predicted molar refractivity (Wildman–Crippen MR) is 52.6 cm³/mol. The topological polar surface area (TPSA) is 53.7 Å². The molecule has 14 heavy (non-hydrogen) atoms. The minimum absolute atomic E-state index is 0.266. The van der Waals surface area contributed by atoms with Gasteiger partial charge in [0.15, 0.2) is 5.79 Å². The Morgan fingerprint density at radius 3 is 2.50 bits per heavy atom. The van der Waals surface area contributed by atoms with Crippen molar-refractivity contribution in [2.75, 3.05) is 26.4 Å². The lowest BCUT2D eigenvalue weighted by atomic mass is 10.0. The highest BCUT2D eigenvalue weighted by Gasteiger charge is 2.37. The molecule has 1 heterocycles. The third-order valence-electron chi connectivity index (χ3n) is 1.99. The summed E-state index contributed by atoms with van der Waals surface area (Å²) in [5.41, 5.74) is 5.40. The van der Waals surface area contributed by atoms with E-state index >= 15 is 0 Å². The first-order chi connectivity index (χ1) is 6.47. The summed E-state index contributed by atoms with van der Waals surface area (Å²) < 4.78 is 16.0. The molecule has 0 saturated carbocycles. The molecule has 0 atom stereocenters. The van der Waals surface area contributed by atoms with Crippen LogP contribution in [0.25, 0.3) is 0 Å². The highest BCUT2D eigenvalue weighted by molar-refractivity contribution is 4.89. The minimum Gasteiger partial charge on any atom is -0.367 e. The zero-order valence-corrected chi connectivity index (χ0v) is 8.71. The summed E-state index contributed by atoms with van der Waals surface area (Å²) in [7, 11) is 0. The monoisotopic (exact) mass is 199 g/mol. The average molecular weight is 199 g/mol. The Kier molecular flexibility index (Phi) is 3.51. The molecule has 0 radical (unpaired) electrons. The van der Waals surface area contributed by atoms with E-state index in [-0.39, 0.29) is 6.61 Å². The third-order valence-corrected chi connectivity index (χ3v) is 1.99. The van der Waals surface area contributed by atoms with Crippen molar-refractivity contribution in [3.8, 4) is 12.3 Å². The van der Waals surface area contributed by atoms with E-state index in [1.807, 2.05) is 13.8 Å². The third kappa shape index (κ3) is 3.28. The highest BCUT2D eigenvalue weighted by atomic mass is 16.7. The molecule has 0 amide bonds. The lowest BCUT2D eigenvalue weighted by Crippen LogP contribution is -2.59. The second-order valence-electron chi connectivity index (χ2n) is 4.04. The molecule has 0 aromatic carbocycles. The van der Waals surface area contributed by atoms with E-state index in [0.29, 0.717) is 19.8 Å².